The second-order valence-electron chi connectivity index (χ2n) is 6.27. The highest BCUT2D eigenvalue weighted by molar-refractivity contribution is 5.78. The van der Waals surface area contributed by atoms with E-state index in [-0.39, 0.29) is 0 Å². The Balaban J connectivity index is 1.58. The zero-order valence-corrected chi connectivity index (χ0v) is 13.8. The lowest BCUT2D eigenvalue weighted by molar-refractivity contribution is 0.138. The molecule has 2 heterocycles. The molecule has 0 radical (unpaired) electrons. The quantitative estimate of drug-likeness (QED) is 0.710. The number of imidazole rings is 1. The first-order valence-corrected chi connectivity index (χ1v) is 8.50. The molecule has 0 aliphatic heterocycles. The summed E-state index contributed by atoms with van der Waals surface area (Å²) in [5, 5.41) is 0. The molecule has 124 valence electrons. The standard InChI is InChI=1S/C19H21N3O2/c1-22-18-13-16(23-15-9-11-20-12-10-15)7-8-17(18)21-19(22)24-14-5-3-2-4-6-14/h7-14H,2-6H2,1H3. The van der Waals surface area contributed by atoms with E-state index in [0.29, 0.717) is 12.1 Å². The second kappa shape index (κ2) is 6.51. The van der Waals surface area contributed by atoms with Gasteiger partial charge in [0.2, 0.25) is 0 Å². The van der Waals surface area contributed by atoms with Gasteiger partial charge in [-0.15, -0.1) is 0 Å². The number of rotatable bonds is 4. The zero-order valence-electron chi connectivity index (χ0n) is 13.8. The SMILES string of the molecule is Cn1c(OC2CCCCC2)nc2ccc(Oc3ccncc3)cc21. The summed E-state index contributed by atoms with van der Waals surface area (Å²) in [5.74, 6) is 1.55. The molecule has 1 aliphatic rings. The Morgan fingerprint density at radius 2 is 1.79 bits per heavy atom. The van der Waals surface area contributed by atoms with Gasteiger partial charge in [-0.2, -0.15) is 4.98 Å². The Kier molecular flexibility index (Phi) is 4.07. The van der Waals surface area contributed by atoms with Crippen molar-refractivity contribution in [2.24, 2.45) is 7.05 Å². The van der Waals surface area contributed by atoms with E-state index in [0.717, 1.165) is 35.4 Å². The van der Waals surface area contributed by atoms with Gasteiger partial charge in [0.05, 0.1) is 11.0 Å². The lowest BCUT2D eigenvalue weighted by Crippen LogP contribution is -2.21. The van der Waals surface area contributed by atoms with Gasteiger partial charge in [-0.3, -0.25) is 9.55 Å². The molecular weight excluding hydrogens is 302 g/mol. The molecule has 1 aromatic carbocycles. The number of fused-ring (bicyclic) bond motifs is 1. The molecule has 1 fully saturated rings. The van der Waals surface area contributed by atoms with Crippen molar-refractivity contribution >= 4 is 11.0 Å². The van der Waals surface area contributed by atoms with Gasteiger partial charge in [0, 0.05) is 25.5 Å². The fourth-order valence-corrected chi connectivity index (χ4v) is 3.19. The topological polar surface area (TPSA) is 49.2 Å². The second-order valence-corrected chi connectivity index (χ2v) is 6.27. The zero-order chi connectivity index (χ0) is 16.4. The first-order chi connectivity index (χ1) is 11.8. The minimum absolute atomic E-state index is 0.293. The predicted molar refractivity (Wildman–Crippen MR) is 92.5 cm³/mol. The molecule has 3 aromatic rings. The highest BCUT2D eigenvalue weighted by Gasteiger charge is 2.18. The van der Waals surface area contributed by atoms with E-state index in [1.54, 1.807) is 12.4 Å². The van der Waals surface area contributed by atoms with Crippen molar-refractivity contribution in [1.29, 1.82) is 0 Å². The predicted octanol–water partition coefficient (Wildman–Crippen LogP) is 4.47. The van der Waals surface area contributed by atoms with Gasteiger partial charge >= 0.3 is 0 Å². The summed E-state index contributed by atoms with van der Waals surface area (Å²) in [4.78, 5) is 8.63. The van der Waals surface area contributed by atoms with Gasteiger partial charge in [0.1, 0.15) is 17.6 Å². The van der Waals surface area contributed by atoms with Crippen molar-refractivity contribution < 1.29 is 9.47 Å². The van der Waals surface area contributed by atoms with Crippen LogP contribution in [0.5, 0.6) is 17.5 Å². The molecule has 5 nitrogen and oxygen atoms in total. The van der Waals surface area contributed by atoms with Crippen molar-refractivity contribution in [2.75, 3.05) is 0 Å². The van der Waals surface area contributed by atoms with Crippen LogP contribution in [-0.4, -0.2) is 20.6 Å². The molecule has 0 amide bonds. The maximum Gasteiger partial charge on any atom is 0.297 e. The molecule has 0 spiro atoms. The number of aromatic nitrogens is 3. The smallest absolute Gasteiger partial charge is 0.297 e. The third-order valence-electron chi connectivity index (χ3n) is 4.52. The molecule has 5 heteroatoms. The number of hydrogen-bond acceptors (Lipinski definition) is 4. The van der Waals surface area contributed by atoms with E-state index in [2.05, 4.69) is 9.97 Å². The third-order valence-corrected chi connectivity index (χ3v) is 4.52. The van der Waals surface area contributed by atoms with Crippen molar-refractivity contribution in [1.82, 2.24) is 14.5 Å². The van der Waals surface area contributed by atoms with Crippen molar-refractivity contribution in [3.8, 4) is 17.5 Å². The minimum atomic E-state index is 0.293. The van der Waals surface area contributed by atoms with Crippen LogP contribution < -0.4 is 9.47 Å². The number of ether oxygens (including phenoxy) is 2. The molecule has 0 unspecified atom stereocenters. The summed E-state index contributed by atoms with van der Waals surface area (Å²) in [5.41, 5.74) is 1.93. The molecule has 0 atom stereocenters. The largest absolute Gasteiger partial charge is 0.461 e. The number of benzene rings is 1. The molecule has 0 saturated heterocycles. The van der Waals surface area contributed by atoms with Crippen LogP contribution >= 0.6 is 0 Å². The Hall–Kier alpha value is -2.56. The number of hydrogen-bond donors (Lipinski definition) is 0. The summed E-state index contributed by atoms with van der Waals surface area (Å²) in [6.45, 7) is 0. The summed E-state index contributed by atoms with van der Waals surface area (Å²) in [6.07, 6.45) is 9.79. The number of nitrogens with zero attached hydrogens (tertiary/aromatic N) is 3. The van der Waals surface area contributed by atoms with Crippen LogP contribution in [-0.2, 0) is 7.05 Å². The van der Waals surface area contributed by atoms with Crippen molar-refractivity contribution in [3.63, 3.8) is 0 Å². The summed E-state index contributed by atoms with van der Waals surface area (Å²) < 4.78 is 14.0. The van der Waals surface area contributed by atoms with Crippen LogP contribution in [0.3, 0.4) is 0 Å². The van der Waals surface area contributed by atoms with Gasteiger partial charge in [-0.05, 0) is 49.9 Å². The van der Waals surface area contributed by atoms with Gasteiger partial charge in [-0.25, -0.2) is 0 Å². The normalized spacial score (nSPS) is 15.5. The summed E-state index contributed by atoms with van der Waals surface area (Å²) in [7, 11) is 1.99. The minimum Gasteiger partial charge on any atom is -0.461 e. The van der Waals surface area contributed by atoms with Crippen LogP contribution in [0.2, 0.25) is 0 Å². The van der Waals surface area contributed by atoms with Crippen molar-refractivity contribution in [3.05, 3.63) is 42.7 Å². The number of pyridine rings is 1. The average molecular weight is 323 g/mol. The van der Waals surface area contributed by atoms with E-state index in [1.165, 1.54) is 19.3 Å². The van der Waals surface area contributed by atoms with E-state index >= 15 is 0 Å². The van der Waals surface area contributed by atoms with E-state index < -0.39 is 0 Å². The third kappa shape index (κ3) is 3.07. The van der Waals surface area contributed by atoms with Crippen LogP contribution in [0.15, 0.2) is 42.7 Å². The molecule has 24 heavy (non-hydrogen) atoms. The molecule has 1 saturated carbocycles. The fraction of sp³-hybridized carbons (Fsp3) is 0.368. The van der Waals surface area contributed by atoms with Crippen LogP contribution in [0.1, 0.15) is 32.1 Å². The van der Waals surface area contributed by atoms with Gasteiger partial charge < -0.3 is 9.47 Å². The van der Waals surface area contributed by atoms with Crippen LogP contribution in [0.4, 0.5) is 0 Å². The maximum atomic E-state index is 6.13. The van der Waals surface area contributed by atoms with Gasteiger partial charge in [0.25, 0.3) is 6.01 Å². The first kappa shape index (κ1) is 15.0. The lowest BCUT2D eigenvalue weighted by Gasteiger charge is -2.22. The fourth-order valence-electron chi connectivity index (χ4n) is 3.19. The Morgan fingerprint density at radius 1 is 1.00 bits per heavy atom. The monoisotopic (exact) mass is 323 g/mol. The molecule has 1 aliphatic carbocycles. The average Bonchev–Trinajstić information content (AvgIpc) is 2.93. The van der Waals surface area contributed by atoms with Crippen LogP contribution in [0, 0.1) is 0 Å². The van der Waals surface area contributed by atoms with Crippen LogP contribution in [0.25, 0.3) is 11.0 Å². The summed E-state index contributed by atoms with van der Waals surface area (Å²) >= 11 is 0. The van der Waals surface area contributed by atoms with Gasteiger partial charge in [-0.1, -0.05) is 6.42 Å². The maximum absolute atomic E-state index is 6.13. The highest BCUT2D eigenvalue weighted by Crippen LogP contribution is 2.29. The Bertz CT molecular complexity index is 823. The van der Waals surface area contributed by atoms with Gasteiger partial charge in [0.15, 0.2) is 0 Å². The molecule has 0 N–H and O–H groups in total. The molecule has 2 aromatic heterocycles. The van der Waals surface area contributed by atoms with E-state index in [9.17, 15) is 0 Å². The van der Waals surface area contributed by atoms with E-state index in [1.807, 2.05) is 41.9 Å². The number of aryl methyl sites for hydroxylation is 1. The first-order valence-electron chi connectivity index (χ1n) is 8.50. The Morgan fingerprint density at radius 3 is 2.58 bits per heavy atom. The molecule has 0 bridgehead atoms. The van der Waals surface area contributed by atoms with Crippen molar-refractivity contribution in [2.45, 2.75) is 38.2 Å². The molecular formula is C19H21N3O2. The van der Waals surface area contributed by atoms with E-state index in [4.69, 9.17) is 9.47 Å². The summed E-state index contributed by atoms with van der Waals surface area (Å²) in [6, 6.07) is 10.3. The molecule has 4 rings (SSSR count). The highest BCUT2D eigenvalue weighted by atomic mass is 16.5. The lowest BCUT2D eigenvalue weighted by atomic mass is 9.98. The Labute approximate surface area is 141 Å².